The average molecular weight is 301 g/mol. The molecule has 2 rings (SSSR count). The molecule has 0 aliphatic carbocycles. The van der Waals surface area contributed by atoms with Crippen LogP contribution in [-0.2, 0) is 10.0 Å². The zero-order valence-electron chi connectivity index (χ0n) is 10.8. The summed E-state index contributed by atoms with van der Waals surface area (Å²) in [5, 5.41) is 0. The molecule has 0 radical (unpaired) electrons. The van der Waals surface area contributed by atoms with Gasteiger partial charge >= 0.3 is 0 Å². The van der Waals surface area contributed by atoms with Crippen molar-refractivity contribution in [1.29, 1.82) is 0 Å². The number of fused-ring (bicyclic) bond motifs is 1. The number of para-hydroxylation sites is 1. The molecule has 0 saturated heterocycles. The van der Waals surface area contributed by atoms with Crippen LogP contribution in [-0.4, -0.2) is 27.2 Å². The van der Waals surface area contributed by atoms with Gasteiger partial charge in [0.25, 0.3) is 10.0 Å². The van der Waals surface area contributed by atoms with Gasteiger partial charge in [-0.1, -0.05) is 19.1 Å². The summed E-state index contributed by atoms with van der Waals surface area (Å²) in [6, 6.07) is 6.95. The Kier molecular flexibility index (Phi) is 4.47. The van der Waals surface area contributed by atoms with Crippen LogP contribution in [0.2, 0.25) is 0 Å². The molecule has 0 amide bonds. The van der Waals surface area contributed by atoms with Crippen LogP contribution in [0.4, 0.5) is 5.69 Å². The fraction of sp³-hybridized carbons (Fsp3) is 0.462. The van der Waals surface area contributed by atoms with Crippen LogP contribution in [0.3, 0.4) is 0 Å². The van der Waals surface area contributed by atoms with Crippen LogP contribution in [0.5, 0.6) is 0 Å². The predicted octanol–water partition coefficient (Wildman–Crippen LogP) is 2.88. The Morgan fingerprint density at radius 1 is 1.32 bits per heavy atom. The van der Waals surface area contributed by atoms with Gasteiger partial charge in [-0.15, -0.1) is 16.0 Å². The number of benzene rings is 1. The second kappa shape index (κ2) is 5.92. The molecule has 1 aromatic carbocycles. The number of hydrogen-bond acceptors (Lipinski definition) is 3. The molecule has 4 nitrogen and oxygen atoms in total. The molecule has 1 aliphatic rings. The van der Waals surface area contributed by atoms with Gasteiger partial charge < -0.3 is 4.90 Å². The lowest BCUT2D eigenvalue weighted by molar-refractivity contribution is 0.525. The summed E-state index contributed by atoms with van der Waals surface area (Å²) in [5.41, 5.74) is 0.704. The highest BCUT2D eigenvalue weighted by atomic mass is 35.5. The van der Waals surface area contributed by atoms with Gasteiger partial charge in [-0.25, -0.2) is 0 Å². The van der Waals surface area contributed by atoms with Gasteiger partial charge in [0.05, 0.1) is 5.69 Å². The van der Waals surface area contributed by atoms with Crippen molar-refractivity contribution in [2.45, 2.75) is 24.7 Å². The molecule has 19 heavy (non-hydrogen) atoms. The third-order valence-corrected chi connectivity index (χ3v) is 4.73. The standard InChI is InChI=1S/C13H17ClN2O2S/c1-11(6-8-14)7-9-16-10-15-19(17,18)13-5-3-2-4-12(13)16/h2-5,10-11H,6-9H2,1H3. The lowest BCUT2D eigenvalue weighted by Gasteiger charge is -2.26. The summed E-state index contributed by atoms with van der Waals surface area (Å²) >= 11 is 5.72. The Morgan fingerprint density at radius 2 is 2.05 bits per heavy atom. The first kappa shape index (κ1) is 14.3. The molecule has 0 aromatic heterocycles. The Balaban J connectivity index is 2.16. The van der Waals surface area contributed by atoms with Crippen molar-refractivity contribution in [1.82, 2.24) is 0 Å². The maximum Gasteiger partial charge on any atom is 0.285 e. The maximum atomic E-state index is 11.8. The Bertz CT molecular complexity index is 572. The smallest absolute Gasteiger partial charge is 0.285 e. The summed E-state index contributed by atoms with van der Waals surface area (Å²) in [6.07, 6.45) is 3.32. The van der Waals surface area contributed by atoms with Gasteiger partial charge in [-0.05, 0) is 30.9 Å². The van der Waals surface area contributed by atoms with Crippen molar-refractivity contribution in [2.24, 2.45) is 10.3 Å². The number of alkyl halides is 1. The topological polar surface area (TPSA) is 49.7 Å². The van der Waals surface area contributed by atoms with E-state index >= 15 is 0 Å². The largest absolute Gasteiger partial charge is 0.331 e. The summed E-state index contributed by atoms with van der Waals surface area (Å²) in [6.45, 7) is 2.89. The summed E-state index contributed by atoms with van der Waals surface area (Å²) in [5.74, 6) is 1.16. The van der Waals surface area contributed by atoms with Crippen molar-refractivity contribution >= 4 is 33.7 Å². The van der Waals surface area contributed by atoms with Crippen molar-refractivity contribution < 1.29 is 8.42 Å². The summed E-state index contributed by atoms with van der Waals surface area (Å²) in [7, 11) is -3.52. The maximum absolute atomic E-state index is 11.8. The van der Waals surface area contributed by atoms with Gasteiger partial charge in [-0.2, -0.15) is 8.42 Å². The van der Waals surface area contributed by atoms with Crippen LogP contribution in [0.1, 0.15) is 19.8 Å². The first-order valence-electron chi connectivity index (χ1n) is 6.26. The Labute approximate surface area is 119 Å². The average Bonchev–Trinajstić information content (AvgIpc) is 2.38. The lowest BCUT2D eigenvalue weighted by Crippen LogP contribution is -2.29. The fourth-order valence-corrected chi connectivity index (χ4v) is 3.44. The molecule has 1 unspecified atom stereocenters. The van der Waals surface area contributed by atoms with E-state index in [0.717, 1.165) is 19.4 Å². The van der Waals surface area contributed by atoms with E-state index in [1.54, 1.807) is 12.1 Å². The van der Waals surface area contributed by atoms with Crippen LogP contribution < -0.4 is 4.90 Å². The third kappa shape index (κ3) is 3.28. The molecule has 1 heterocycles. The zero-order valence-corrected chi connectivity index (χ0v) is 12.4. The quantitative estimate of drug-likeness (QED) is 0.786. The molecular formula is C13H17ClN2O2S. The van der Waals surface area contributed by atoms with E-state index in [1.807, 2.05) is 17.0 Å². The molecule has 6 heteroatoms. The SMILES string of the molecule is CC(CCCl)CCN1C=NS(=O)(=O)c2ccccc21. The van der Waals surface area contributed by atoms with Gasteiger partial charge in [-0.3, -0.25) is 0 Å². The number of anilines is 1. The normalized spacial score (nSPS) is 18.1. The fourth-order valence-electron chi connectivity index (χ4n) is 2.02. The van der Waals surface area contributed by atoms with Crippen molar-refractivity contribution in [3.63, 3.8) is 0 Å². The number of halogens is 1. The van der Waals surface area contributed by atoms with Crippen LogP contribution in [0.15, 0.2) is 33.6 Å². The van der Waals surface area contributed by atoms with Gasteiger partial charge in [0.2, 0.25) is 0 Å². The second-order valence-electron chi connectivity index (χ2n) is 4.73. The summed E-state index contributed by atoms with van der Waals surface area (Å²) in [4.78, 5) is 2.17. The zero-order chi connectivity index (χ0) is 13.9. The van der Waals surface area contributed by atoms with E-state index in [0.29, 0.717) is 17.5 Å². The van der Waals surface area contributed by atoms with E-state index in [1.165, 1.54) is 6.34 Å². The third-order valence-electron chi connectivity index (χ3n) is 3.24. The molecular weight excluding hydrogens is 284 g/mol. The van der Waals surface area contributed by atoms with Gasteiger partial charge in [0, 0.05) is 12.4 Å². The first-order valence-corrected chi connectivity index (χ1v) is 8.24. The number of sulfonamides is 1. The number of hydrogen-bond donors (Lipinski definition) is 0. The second-order valence-corrected chi connectivity index (χ2v) is 6.71. The van der Waals surface area contributed by atoms with E-state index < -0.39 is 10.0 Å². The molecule has 0 saturated carbocycles. The predicted molar refractivity (Wildman–Crippen MR) is 78.6 cm³/mol. The highest BCUT2D eigenvalue weighted by molar-refractivity contribution is 7.90. The highest BCUT2D eigenvalue weighted by Gasteiger charge is 2.24. The molecule has 1 atom stereocenters. The van der Waals surface area contributed by atoms with E-state index in [2.05, 4.69) is 11.3 Å². The van der Waals surface area contributed by atoms with E-state index in [4.69, 9.17) is 11.6 Å². The van der Waals surface area contributed by atoms with Gasteiger partial charge in [0.1, 0.15) is 11.2 Å². The molecule has 104 valence electrons. The minimum atomic E-state index is -3.52. The van der Waals surface area contributed by atoms with Crippen molar-refractivity contribution in [3.05, 3.63) is 24.3 Å². The van der Waals surface area contributed by atoms with Crippen LogP contribution >= 0.6 is 11.6 Å². The molecule has 0 fully saturated rings. The van der Waals surface area contributed by atoms with Crippen molar-refractivity contribution in [2.75, 3.05) is 17.3 Å². The van der Waals surface area contributed by atoms with Crippen LogP contribution in [0.25, 0.3) is 0 Å². The van der Waals surface area contributed by atoms with E-state index in [-0.39, 0.29) is 4.90 Å². The first-order chi connectivity index (χ1) is 9.04. The number of rotatable bonds is 5. The van der Waals surface area contributed by atoms with Crippen molar-refractivity contribution in [3.8, 4) is 0 Å². The highest BCUT2D eigenvalue weighted by Crippen LogP contribution is 2.29. The molecule has 0 bridgehead atoms. The molecule has 0 spiro atoms. The molecule has 1 aliphatic heterocycles. The van der Waals surface area contributed by atoms with E-state index in [9.17, 15) is 8.42 Å². The summed E-state index contributed by atoms with van der Waals surface area (Å²) < 4.78 is 27.3. The lowest BCUT2D eigenvalue weighted by atomic mass is 10.0. The van der Waals surface area contributed by atoms with Gasteiger partial charge in [0.15, 0.2) is 0 Å². The number of nitrogens with zero attached hydrogens (tertiary/aromatic N) is 2. The molecule has 1 aromatic rings. The monoisotopic (exact) mass is 300 g/mol. The minimum Gasteiger partial charge on any atom is -0.331 e. The Hall–Kier alpha value is -1.07. The van der Waals surface area contributed by atoms with Crippen LogP contribution in [0, 0.1) is 5.92 Å². The Morgan fingerprint density at radius 3 is 2.79 bits per heavy atom. The molecule has 0 N–H and O–H groups in total. The minimum absolute atomic E-state index is 0.280.